The van der Waals surface area contributed by atoms with Crippen LogP contribution in [0.1, 0.15) is 53.7 Å². The van der Waals surface area contributed by atoms with E-state index in [1.807, 2.05) is 186 Å². The first-order chi connectivity index (χ1) is 75.4. The maximum Gasteiger partial charge on any atom is 0.131 e. The number of aromatic nitrogens is 2. The highest BCUT2D eigenvalue weighted by molar-refractivity contribution is 6.14. The molecular weight excluding hydrogens is 1650 g/mol. The highest BCUT2D eigenvalue weighted by atomic mass is 16.5. The molecule has 0 saturated carbocycles. The molecule has 0 N–H and O–H groups in total. The molecule has 0 aliphatic rings. The van der Waals surface area contributed by atoms with E-state index in [4.69, 9.17) is 9.47 Å². The smallest absolute Gasteiger partial charge is 0.131 e. The summed E-state index contributed by atoms with van der Waals surface area (Å²) in [4.78, 5) is 4.06. The van der Waals surface area contributed by atoms with E-state index in [2.05, 4.69) is 20.8 Å². The minimum atomic E-state index is -0.930. The Balaban J connectivity index is 0.902. The van der Waals surface area contributed by atoms with Gasteiger partial charge in [-0.15, -0.1) is 0 Å². The van der Waals surface area contributed by atoms with Gasteiger partial charge in [0.05, 0.1) is 83.6 Å². The Morgan fingerprint density at radius 1 is 0.206 bits per heavy atom. The number of hydrogen-bond donors (Lipinski definition) is 0. The third-order valence-corrected chi connectivity index (χ3v) is 24.5. The Labute approximate surface area is 821 Å². The third kappa shape index (κ3) is 16.3. The topological polar surface area (TPSA) is 34.8 Å². The molecule has 0 bridgehead atoms. The fourth-order valence-corrected chi connectivity index (χ4v) is 18.0. The van der Waals surface area contributed by atoms with Crippen molar-refractivity contribution in [2.45, 2.75) is 26.2 Å². The number of benzene rings is 21. The predicted molar refractivity (Wildman–Crippen MR) is 571 cm³/mol. The molecule has 23 rings (SSSR count). The normalized spacial score (nSPS) is 13.6. The van der Waals surface area contributed by atoms with Crippen molar-refractivity contribution in [3.63, 3.8) is 0 Å². The van der Waals surface area contributed by atoms with Crippen LogP contribution in [0.25, 0.3) is 166 Å². The van der Waals surface area contributed by atoms with Crippen LogP contribution in [0.15, 0.2) is 515 Å². The highest BCUT2D eigenvalue weighted by Crippen LogP contribution is 2.55. The highest BCUT2D eigenvalue weighted by Gasteiger charge is 2.32. The number of fused-ring (bicyclic) bond motifs is 6. The second kappa shape index (κ2) is 35.9. The lowest BCUT2D eigenvalue weighted by Gasteiger charge is -2.35. The lowest BCUT2D eigenvalue weighted by Crippen LogP contribution is -2.19. The fraction of sp³-hybridized carbons (Fsp3) is 0.0308. The first kappa shape index (κ1) is 63.4. The number of rotatable bonds is 22. The van der Waals surface area contributed by atoms with Crippen LogP contribution < -0.4 is 19.3 Å². The van der Waals surface area contributed by atoms with Gasteiger partial charge < -0.3 is 28.4 Å². The Hall–Kier alpha value is -17.6. The first-order valence-corrected chi connectivity index (χ1v) is 45.0. The lowest BCUT2D eigenvalue weighted by atomic mass is 9.85. The third-order valence-electron chi connectivity index (χ3n) is 24.5. The number of para-hydroxylation sites is 2. The molecule has 2 heterocycles. The van der Waals surface area contributed by atoms with Gasteiger partial charge in [-0.25, -0.2) is 0 Å². The van der Waals surface area contributed by atoms with Crippen LogP contribution in [0.4, 0.5) is 34.1 Å². The van der Waals surface area contributed by atoms with Gasteiger partial charge in [0.25, 0.3) is 0 Å². The van der Waals surface area contributed by atoms with Crippen LogP contribution in [0.2, 0.25) is 0 Å². The van der Waals surface area contributed by atoms with Crippen molar-refractivity contribution < 1.29 is 36.9 Å². The molecule has 0 unspecified atom stereocenters. The second-order valence-electron chi connectivity index (χ2n) is 34.3. The van der Waals surface area contributed by atoms with Crippen LogP contribution in [0, 0.1) is 0 Å². The second-order valence-corrected chi connectivity index (χ2v) is 34.3. The maximum atomic E-state index is 10.7. The Kier molecular flexibility index (Phi) is 16.8. The molecule has 646 valence electrons. The van der Waals surface area contributed by atoms with Gasteiger partial charge >= 0.3 is 0 Å². The SMILES string of the molecule is [2H]c1c([2H])c(-c2ccccc2)c([2H])c([2H])c1Oc1cc(N(c2cc(N(c3cc(Oc4c([2H])c([2H])c(-c5ccccc5)c([2H])c4[2H])cc(-n4c5c([2H])c([2H])c(-c6ccccc6)c([2H])c5c5c([2H])c(-c6ccccc6)c([2H])c([2H])c54)c3)c3c(-c4ccccc4)cccc3-c3ccccc3)cc(C(C)(C)C)c2)c2c(-c3ccccc3)cccc2-c2ccccc2)cc(-n2c3c([2H])c([2H])c(-c4ccccc4)c([2H])c3c3c([2H])c(-c4ccccc4)c([2H])c([2H])c32)c1. The van der Waals surface area contributed by atoms with E-state index in [0.29, 0.717) is 106 Å². The molecule has 0 amide bonds. The van der Waals surface area contributed by atoms with E-state index in [1.54, 1.807) is 218 Å². The molecule has 21 aromatic carbocycles. The molecule has 0 radical (unpaired) electrons. The van der Waals surface area contributed by atoms with Crippen LogP contribution in [-0.4, -0.2) is 9.13 Å². The monoisotopic (exact) mass is 1760 g/mol. The van der Waals surface area contributed by atoms with Crippen molar-refractivity contribution in [3.05, 3.63) is 521 Å². The van der Waals surface area contributed by atoms with Gasteiger partial charge in [0.1, 0.15) is 23.0 Å². The van der Waals surface area contributed by atoms with Crippen molar-refractivity contribution in [1.82, 2.24) is 9.13 Å². The Bertz CT molecular complexity index is 8690. The van der Waals surface area contributed by atoms with Gasteiger partial charge in [0.15, 0.2) is 0 Å². The Morgan fingerprint density at radius 3 is 0.684 bits per heavy atom. The first-order valence-electron chi connectivity index (χ1n) is 55.0. The molecule has 0 saturated heterocycles. The summed E-state index contributed by atoms with van der Waals surface area (Å²) in [6.07, 6.45) is 0. The minimum absolute atomic E-state index is 0.00564. The predicted octanol–water partition coefficient (Wildman–Crippen LogP) is 36.4. The van der Waals surface area contributed by atoms with Crippen molar-refractivity contribution in [1.29, 1.82) is 0 Å². The van der Waals surface area contributed by atoms with E-state index in [0.717, 1.165) is 0 Å². The molecule has 0 aliphatic carbocycles. The van der Waals surface area contributed by atoms with Crippen LogP contribution in [-0.2, 0) is 5.41 Å². The molecular formula is C130H94N4O2. The van der Waals surface area contributed by atoms with Gasteiger partial charge in [-0.3, -0.25) is 0 Å². The summed E-state index contributed by atoms with van der Waals surface area (Å²) in [5.41, 5.74) is 9.30. The summed E-state index contributed by atoms with van der Waals surface area (Å²) in [5.74, 6) is -1.36. The van der Waals surface area contributed by atoms with Gasteiger partial charge in [-0.05, 0) is 203 Å². The number of hydrogen-bond acceptors (Lipinski definition) is 4. The van der Waals surface area contributed by atoms with Crippen LogP contribution >= 0.6 is 0 Å². The summed E-state index contributed by atoms with van der Waals surface area (Å²) < 4.78 is 225. The largest absolute Gasteiger partial charge is 0.457 e. The minimum Gasteiger partial charge on any atom is -0.457 e. The Morgan fingerprint density at radius 2 is 0.434 bits per heavy atom. The molecule has 136 heavy (non-hydrogen) atoms. The van der Waals surface area contributed by atoms with Crippen molar-refractivity contribution in [2.75, 3.05) is 9.80 Å². The van der Waals surface area contributed by atoms with Gasteiger partial charge in [-0.2, -0.15) is 0 Å². The van der Waals surface area contributed by atoms with Crippen LogP contribution in [0.5, 0.6) is 23.0 Å². The van der Waals surface area contributed by atoms with Crippen molar-refractivity contribution in [2.24, 2.45) is 0 Å². The zero-order valence-electron chi connectivity index (χ0n) is 94.1. The number of nitrogens with zero attached hydrogens (tertiary/aromatic N) is 4. The van der Waals surface area contributed by atoms with E-state index in [-0.39, 0.29) is 160 Å². The zero-order chi connectivity index (χ0) is 108. The fourth-order valence-electron chi connectivity index (χ4n) is 18.0. The molecule has 0 atom stereocenters. The lowest BCUT2D eigenvalue weighted by molar-refractivity contribution is 0.482. The van der Waals surface area contributed by atoms with E-state index in [1.165, 1.54) is 9.13 Å². The molecule has 23 aromatic rings. The van der Waals surface area contributed by atoms with E-state index >= 15 is 0 Å². The average Bonchev–Trinajstić information content (AvgIpc) is 1.54. The summed E-state index contributed by atoms with van der Waals surface area (Å²) in [6.45, 7) is 6.19. The standard InChI is InChI=1S/C130H94N4O2/c1-130(2,3)105-80-106(131(128-116(97-48-26-10-27-49-97)56-34-57-117(128)98-50-28-11-29-51-98)108-83-110(87-114(85-108)135-112-68-60-95(61-69-112)89-36-14-4-15-37-89)133-124-72-64-101(91-40-18-6-19-41-91)76-120(124)121-77-102(65-73-125(121)133)92-42-20-7-21-43-92)82-107(81-105)132(129-118(99-52-30-12-31-53-99)58-35-59-119(129)100-54-32-13-33-55-100)109-84-111(88-115(86-109)136-113-70-62-96(63-71-113)90-38-16-5-17-39-90)134-126-74-66-103(93-44-22-8-23-45-93)78-122(126)123-79-104(67-75-127(123)134)94-46-24-9-25-47-94/h4-88H,1-3H3/i60D,61D,62D,63D,64D,65D,66D,67D,68D,69D,70D,71D,72D,73D,74D,75D,76D,77D,78D,79D. The van der Waals surface area contributed by atoms with Gasteiger partial charge in [0, 0.05) is 79.4 Å². The number of anilines is 6. The summed E-state index contributed by atoms with van der Waals surface area (Å²) >= 11 is 0. The summed E-state index contributed by atoms with van der Waals surface area (Å²) in [7, 11) is 0. The van der Waals surface area contributed by atoms with Crippen molar-refractivity contribution in [3.8, 4) is 146 Å². The molecule has 0 fully saturated rings. The zero-order valence-corrected chi connectivity index (χ0v) is 74.1. The number of ether oxygens (including phenoxy) is 2. The molecule has 2 aromatic heterocycles. The van der Waals surface area contributed by atoms with E-state index < -0.39 is 89.4 Å². The molecule has 0 aliphatic heterocycles. The summed E-state index contributed by atoms with van der Waals surface area (Å²) in [5, 5.41) is -0.0226. The average molecular weight is 1760 g/mol. The summed E-state index contributed by atoms with van der Waals surface area (Å²) in [6, 6.07) is 111. The molecule has 6 heteroatoms. The maximum absolute atomic E-state index is 10.7. The van der Waals surface area contributed by atoms with Gasteiger partial charge in [-0.1, -0.05) is 409 Å². The molecule has 6 nitrogen and oxygen atoms in total. The van der Waals surface area contributed by atoms with E-state index in [9.17, 15) is 27.4 Å². The molecule has 0 spiro atoms. The quantitative estimate of drug-likeness (QED) is 0.0677. The van der Waals surface area contributed by atoms with Gasteiger partial charge in [0.2, 0.25) is 0 Å². The van der Waals surface area contributed by atoms with Crippen LogP contribution in [0.3, 0.4) is 0 Å². The van der Waals surface area contributed by atoms with Crippen molar-refractivity contribution >= 4 is 77.7 Å².